The molecule has 1 N–H and O–H groups in total. The van der Waals surface area contributed by atoms with Crippen LogP contribution < -0.4 is 5.32 Å². The Kier molecular flexibility index (Phi) is 5.12. The monoisotopic (exact) mass is 229 g/mol. The Bertz CT molecular complexity index is 285. The molecule has 0 bridgehead atoms. The largest absolute Gasteiger partial charge is 0.338 e. The van der Waals surface area contributed by atoms with Crippen LogP contribution in [0.2, 0.25) is 0 Å². The van der Waals surface area contributed by atoms with E-state index in [4.69, 9.17) is 11.6 Å². The van der Waals surface area contributed by atoms with E-state index >= 15 is 0 Å². The van der Waals surface area contributed by atoms with Gasteiger partial charge >= 0.3 is 0 Å². The molecule has 0 fully saturated rings. The van der Waals surface area contributed by atoms with Crippen molar-refractivity contribution in [1.29, 1.82) is 0 Å². The molecule has 2 unspecified atom stereocenters. The number of halogens is 1. The smallest absolute Gasteiger partial charge is 0.109 e. The van der Waals surface area contributed by atoms with Crippen molar-refractivity contribution in [3.05, 3.63) is 18.2 Å². The van der Waals surface area contributed by atoms with Crippen LogP contribution in [0, 0.1) is 5.92 Å². The van der Waals surface area contributed by atoms with Crippen molar-refractivity contribution in [2.24, 2.45) is 13.0 Å². The molecule has 1 aromatic rings. The summed E-state index contributed by atoms with van der Waals surface area (Å²) in [6.07, 6.45) is 4.77. The molecule has 0 radical (unpaired) electrons. The molecule has 0 spiro atoms. The lowest BCUT2D eigenvalue weighted by Gasteiger charge is -2.18. The van der Waals surface area contributed by atoms with Crippen LogP contribution in [0.4, 0.5) is 0 Å². The maximum atomic E-state index is 5.79. The molecule has 0 saturated carbocycles. The number of hydrogen-bond acceptors (Lipinski definition) is 2. The molecule has 1 heterocycles. The van der Waals surface area contributed by atoms with Gasteiger partial charge in [0.1, 0.15) is 5.82 Å². The second-order valence-corrected chi connectivity index (χ2v) is 4.39. The average Bonchev–Trinajstić information content (AvgIpc) is 2.63. The molecular weight excluding hydrogens is 210 g/mol. The molecule has 0 aromatic carbocycles. The fraction of sp³-hybridized carbons (Fsp3) is 0.727. The van der Waals surface area contributed by atoms with Crippen molar-refractivity contribution < 1.29 is 0 Å². The topological polar surface area (TPSA) is 29.9 Å². The number of imidazole rings is 1. The maximum Gasteiger partial charge on any atom is 0.109 e. The van der Waals surface area contributed by atoms with Crippen molar-refractivity contribution in [3.8, 4) is 0 Å². The average molecular weight is 230 g/mol. The number of rotatable bonds is 6. The molecule has 0 aliphatic carbocycles. The predicted octanol–water partition coefficient (Wildman–Crippen LogP) is 1.82. The summed E-state index contributed by atoms with van der Waals surface area (Å²) >= 11 is 5.79. The molecule has 1 aromatic heterocycles. The van der Waals surface area contributed by atoms with Gasteiger partial charge in [0.15, 0.2) is 0 Å². The number of alkyl halides is 1. The lowest BCUT2D eigenvalue weighted by molar-refractivity contribution is 0.431. The lowest BCUT2D eigenvalue weighted by atomic mass is 10.1. The van der Waals surface area contributed by atoms with E-state index in [1.807, 2.05) is 19.4 Å². The highest BCUT2D eigenvalue weighted by Gasteiger charge is 2.09. The molecule has 3 nitrogen and oxygen atoms in total. The lowest BCUT2D eigenvalue weighted by Crippen LogP contribution is -2.34. The minimum Gasteiger partial charge on any atom is -0.338 e. The summed E-state index contributed by atoms with van der Waals surface area (Å²) in [5.74, 6) is 2.33. The first-order valence-corrected chi connectivity index (χ1v) is 5.94. The molecule has 0 aliphatic heterocycles. The molecule has 0 aliphatic rings. The summed E-state index contributed by atoms with van der Waals surface area (Å²) in [5.41, 5.74) is 0. The number of aromatic nitrogens is 2. The van der Waals surface area contributed by atoms with E-state index < -0.39 is 0 Å². The summed E-state index contributed by atoms with van der Waals surface area (Å²) < 4.78 is 2.05. The van der Waals surface area contributed by atoms with Crippen LogP contribution in [0.5, 0.6) is 0 Å². The summed E-state index contributed by atoms with van der Waals surface area (Å²) in [6, 6.07) is 0.461. The van der Waals surface area contributed by atoms with E-state index in [2.05, 4.69) is 28.7 Å². The van der Waals surface area contributed by atoms with Gasteiger partial charge in [-0.3, -0.25) is 0 Å². The number of hydrogen-bond donors (Lipinski definition) is 1. The normalized spacial score (nSPS) is 15.2. The van der Waals surface area contributed by atoms with Gasteiger partial charge in [-0.25, -0.2) is 4.98 Å². The van der Waals surface area contributed by atoms with Gasteiger partial charge in [0.2, 0.25) is 0 Å². The van der Waals surface area contributed by atoms with Crippen molar-refractivity contribution >= 4 is 11.6 Å². The molecule has 1 rings (SSSR count). The Morgan fingerprint density at radius 2 is 2.27 bits per heavy atom. The van der Waals surface area contributed by atoms with Gasteiger partial charge in [-0.1, -0.05) is 6.92 Å². The van der Waals surface area contributed by atoms with E-state index in [1.165, 1.54) is 0 Å². The highest BCUT2D eigenvalue weighted by atomic mass is 35.5. The first-order chi connectivity index (χ1) is 7.15. The van der Waals surface area contributed by atoms with Crippen LogP contribution in [0.25, 0.3) is 0 Å². The van der Waals surface area contributed by atoms with Crippen LogP contribution in [-0.4, -0.2) is 28.0 Å². The minimum absolute atomic E-state index is 0.461. The summed E-state index contributed by atoms with van der Waals surface area (Å²) in [7, 11) is 2.02. The maximum absolute atomic E-state index is 5.79. The Hall–Kier alpha value is -0.540. The Balaban J connectivity index is 2.25. The van der Waals surface area contributed by atoms with Crippen molar-refractivity contribution in [3.63, 3.8) is 0 Å². The van der Waals surface area contributed by atoms with Crippen LogP contribution in [0.15, 0.2) is 12.4 Å². The predicted molar refractivity (Wildman–Crippen MR) is 64.3 cm³/mol. The third-order valence-electron chi connectivity index (χ3n) is 2.83. The summed E-state index contributed by atoms with van der Waals surface area (Å²) in [6.45, 7) is 5.28. The fourth-order valence-corrected chi connectivity index (χ4v) is 1.65. The van der Waals surface area contributed by atoms with Crippen molar-refractivity contribution in [2.75, 3.05) is 12.4 Å². The second-order valence-electron chi connectivity index (χ2n) is 4.08. The Morgan fingerprint density at radius 3 is 2.80 bits per heavy atom. The third kappa shape index (κ3) is 3.84. The van der Waals surface area contributed by atoms with E-state index in [0.29, 0.717) is 17.8 Å². The zero-order chi connectivity index (χ0) is 11.3. The summed E-state index contributed by atoms with van der Waals surface area (Å²) in [4.78, 5) is 4.27. The fourth-order valence-electron chi connectivity index (χ4n) is 1.38. The van der Waals surface area contributed by atoms with Gasteiger partial charge in [0.05, 0.1) is 0 Å². The second kappa shape index (κ2) is 6.13. The molecule has 0 saturated heterocycles. The van der Waals surface area contributed by atoms with Crippen molar-refractivity contribution in [1.82, 2.24) is 14.9 Å². The first-order valence-electron chi connectivity index (χ1n) is 5.40. The molecule has 2 atom stereocenters. The molecule has 15 heavy (non-hydrogen) atoms. The van der Waals surface area contributed by atoms with Gasteiger partial charge < -0.3 is 9.88 Å². The first kappa shape index (κ1) is 12.5. The van der Waals surface area contributed by atoms with E-state index in [1.54, 1.807) is 0 Å². The van der Waals surface area contributed by atoms with Gasteiger partial charge in [0, 0.05) is 44.3 Å². The van der Waals surface area contributed by atoms with Gasteiger partial charge in [-0.05, 0) is 12.8 Å². The zero-order valence-corrected chi connectivity index (χ0v) is 10.5. The Morgan fingerprint density at radius 1 is 1.53 bits per heavy atom. The molecule has 86 valence electrons. The number of aryl methyl sites for hydroxylation is 1. The van der Waals surface area contributed by atoms with E-state index in [0.717, 1.165) is 18.8 Å². The summed E-state index contributed by atoms with van der Waals surface area (Å²) in [5, 5.41) is 3.46. The quantitative estimate of drug-likeness (QED) is 0.755. The van der Waals surface area contributed by atoms with Crippen LogP contribution in [-0.2, 0) is 13.5 Å². The number of nitrogens with zero attached hydrogens (tertiary/aromatic N) is 2. The van der Waals surface area contributed by atoms with Gasteiger partial charge in [-0.15, -0.1) is 11.6 Å². The van der Waals surface area contributed by atoms with E-state index in [9.17, 15) is 0 Å². The Labute approximate surface area is 96.8 Å². The molecular formula is C11H20ClN3. The van der Waals surface area contributed by atoms with Crippen molar-refractivity contribution in [2.45, 2.75) is 26.3 Å². The highest BCUT2D eigenvalue weighted by Crippen LogP contribution is 2.04. The highest BCUT2D eigenvalue weighted by molar-refractivity contribution is 6.18. The minimum atomic E-state index is 0.461. The van der Waals surface area contributed by atoms with Crippen LogP contribution in [0.3, 0.4) is 0 Å². The van der Waals surface area contributed by atoms with E-state index in [-0.39, 0.29) is 0 Å². The molecule has 4 heteroatoms. The standard InChI is InChI=1S/C11H20ClN3/c1-9(8-12)10(2)13-5-4-11-14-6-7-15(11)3/h6-7,9-10,13H,4-5,8H2,1-3H3. The van der Waals surface area contributed by atoms with Crippen LogP contribution >= 0.6 is 11.6 Å². The number of nitrogens with one attached hydrogen (secondary N) is 1. The molecule has 0 amide bonds. The van der Waals surface area contributed by atoms with Gasteiger partial charge in [0.25, 0.3) is 0 Å². The third-order valence-corrected chi connectivity index (χ3v) is 3.32. The SMILES string of the molecule is CC(CCl)C(C)NCCc1nccn1C. The zero-order valence-electron chi connectivity index (χ0n) is 9.70. The van der Waals surface area contributed by atoms with Gasteiger partial charge in [-0.2, -0.15) is 0 Å². The van der Waals surface area contributed by atoms with Crippen LogP contribution in [0.1, 0.15) is 19.7 Å².